The third-order valence-electron chi connectivity index (χ3n) is 0. The van der Waals surface area contributed by atoms with Crippen LogP contribution in [0.4, 0.5) is 0 Å². The van der Waals surface area contributed by atoms with Gasteiger partial charge in [-0.3, -0.25) is 0 Å². The molecule has 0 amide bonds. The van der Waals surface area contributed by atoms with Gasteiger partial charge in [0, 0.05) is 0 Å². The second-order valence-corrected chi connectivity index (χ2v) is 0. The first kappa shape index (κ1) is 125. The summed E-state index contributed by atoms with van der Waals surface area (Å²) in [7, 11) is 0. The zero-order chi connectivity index (χ0) is 0. The Balaban J connectivity index is 0. The molecule has 30 valence electrons. The standard InChI is InChI=1S/Ga.3O.Rh/q+3;3*-2;+3. The second kappa shape index (κ2) is 67.8. The largest absolute Gasteiger partial charge is 3.00 e. The molecule has 0 aliphatic heterocycles. The van der Waals surface area contributed by atoms with Crippen molar-refractivity contribution in [2.45, 2.75) is 0 Å². The zero-order valence-electron chi connectivity index (χ0n) is 2.14. The SMILES string of the molecule is [Ga+3].[O-2].[O-2].[O-2].[Rh+3]. The molecule has 0 radical (unpaired) electrons. The molecule has 3 nitrogen and oxygen atoms in total. The molecule has 0 unspecified atom stereocenters. The van der Waals surface area contributed by atoms with Crippen molar-refractivity contribution in [2.24, 2.45) is 0 Å². The van der Waals surface area contributed by atoms with Crippen molar-refractivity contribution in [1.82, 2.24) is 0 Å². The van der Waals surface area contributed by atoms with Crippen LogP contribution in [0, 0.1) is 0 Å². The number of hydrogen-bond donors (Lipinski definition) is 0. The van der Waals surface area contributed by atoms with Crippen molar-refractivity contribution < 1.29 is 35.9 Å². The van der Waals surface area contributed by atoms with Gasteiger partial charge in [0.1, 0.15) is 0 Å². The van der Waals surface area contributed by atoms with E-state index in [0.717, 1.165) is 0 Å². The molecule has 0 rings (SSSR count). The van der Waals surface area contributed by atoms with Crippen LogP contribution in [0.2, 0.25) is 0 Å². The van der Waals surface area contributed by atoms with Crippen LogP contribution in [0.15, 0.2) is 0 Å². The average molecular weight is 221 g/mol. The van der Waals surface area contributed by atoms with Crippen LogP contribution in [0.5, 0.6) is 0 Å². The van der Waals surface area contributed by atoms with E-state index in [4.69, 9.17) is 0 Å². The summed E-state index contributed by atoms with van der Waals surface area (Å²) in [5.41, 5.74) is 0. The first-order valence-corrected chi connectivity index (χ1v) is 0. The Morgan fingerprint density at radius 3 is 0.600 bits per heavy atom. The van der Waals surface area contributed by atoms with Crippen molar-refractivity contribution in [2.75, 3.05) is 0 Å². The van der Waals surface area contributed by atoms with Crippen molar-refractivity contribution in [3.63, 3.8) is 0 Å². The molecule has 0 bridgehead atoms. The normalized spacial score (nSPS) is 0. The summed E-state index contributed by atoms with van der Waals surface area (Å²) in [5.74, 6) is 0. The van der Waals surface area contributed by atoms with Crippen LogP contribution in [-0.4, -0.2) is 19.8 Å². The van der Waals surface area contributed by atoms with E-state index in [1.165, 1.54) is 0 Å². The molecule has 0 aromatic carbocycles. The maximum absolute atomic E-state index is 0. The van der Waals surface area contributed by atoms with E-state index in [2.05, 4.69) is 0 Å². The van der Waals surface area contributed by atoms with Crippen molar-refractivity contribution in [1.29, 1.82) is 0 Å². The molecule has 0 saturated carbocycles. The minimum absolute atomic E-state index is 0. The quantitative estimate of drug-likeness (QED) is 0.482. The van der Waals surface area contributed by atoms with Crippen LogP contribution in [0.3, 0.4) is 0 Å². The molecule has 0 aliphatic rings. The molecule has 0 aromatic heterocycles. The van der Waals surface area contributed by atoms with Gasteiger partial charge in [0.05, 0.1) is 0 Å². The third kappa shape index (κ3) is 39.0. The van der Waals surface area contributed by atoms with E-state index in [1.807, 2.05) is 0 Å². The number of hydrogen-bond acceptors (Lipinski definition) is 0. The van der Waals surface area contributed by atoms with E-state index in [-0.39, 0.29) is 55.7 Å². The maximum atomic E-state index is 0. The molecule has 0 aromatic rings. The minimum Gasteiger partial charge on any atom is -2.00 e. The van der Waals surface area contributed by atoms with Crippen LogP contribution in [0.25, 0.3) is 0 Å². The smallest absolute Gasteiger partial charge is 2.00 e. The Morgan fingerprint density at radius 2 is 0.600 bits per heavy atom. The molecular formula is GaO3Rh. The van der Waals surface area contributed by atoms with E-state index >= 15 is 0 Å². The summed E-state index contributed by atoms with van der Waals surface area (Å²) in [4.78, 5) is 0. The molecule has 0 aliphatic carbocycles. The summed E-state index contributed by atoms with van der Waals surface area (Å²) in [5, 5.41) is 0. The summed E-state index contributed by atoms with van der Waals surface area (Å²) in [6.45, 7) is 0. The first-order chi connectivity index (χ1) is 0. The minimum atomic E-state index is 0. The van der Waals surface area contributed by atoms with Gasteiger partial charge in [-0.05, 0) is 0 Å². The van der Waals surface area contributed by atoms with E-state index in [9.17, 15) is 0 Å². The summed E-state index contributed by atoms with van der Waals surface area (Å²) < 4.78 is 0. The van der Waals surface area contributed by atoms with Gasteiger partial charge in [-0.15, -0.1) is 0 Å². The van der Waals surface area contributed by atoms with Gasteiger partial charge < -0.3 is 16.4 Å². The van der Waals surface area contributed by atoms with Gasteiger partial charge in [-0.1, -0.05) is 0 Å². The molecule has 0 N–H and O–H groups in total. The Bertz CT molecular complexity index is 6.85. The molecule has 5 heteroatoms. The summed E-state index contributed by atoms with van der Waals surface area (Å²) in [6, 6.07) is 0. The van der Waals surface area contributed by atoms with Crippen LogP contribution in [-0.2, 0) is 35.9 Å². The fraction of sp³-hybridized carbons (Fsp3) is 0. The van der Waals surface area contributed by atoms with Gasteiger partial charge in [-0.2, -0.15) is 0 Å². The molecule has 0 saturated heterocycles. The molecule has 0 fully saturated rings. The Labute approximate surface area is 55.9 Å². The second-order valence-electron chi connectivity index (χ2n) is 0. The fourth-order valence-electron chi connectivity index (χ4n) is 0. The molecular weight excluding hydrogens is 221 g/mol. The van der Waals surface area contributed by atoms with E-state index in [1.54, 1.807) is 0 Å². The van der Waals surface area contributed by atoms with Gasteiger partial charge in [0.15, 0.2) is 0 Å². The van der Waals surface area contributed by atoms with Gasteiger partial charge >= 0.3 is 39.3 Å². The topological polar surface area (TPSA) is 85.5 Å². The summed E-state index contributed by atoms with van der Waals surface area (Å²) >= 11 is 0. The molecule has 5 heavy (non-hydrogen) atoms. The third-order valence-corrected chi connectivity index (χ3v) is 0. The zero-order valence-corrected chi connectivity index (χ0v) is 6.20. The Morgan fingerprint density at radius 1 is 0.600 bits per heavy atom. The monoisotopic (exact) mass is 220 g/mol. The van der Waals surface area contributed by atoms with Gasteiger partial charge in [0.2, 0.25) is 0 Å². The van der Waals surface area contributed by atoms with Crippen LogP contribution < -0.4 is 0 Å². The fourth-order valence-corrected chi connectivity index (χ4v) is 0. The predicted molar refractivity (Wildman–Crippen MR) is 7.81 cm³/mol. The van der Waals surface area contributed by atoms with E-state index in [0.29, 0.717) is 0 Å². The van der Waals surface area contributed by atoms with Crippen molar-refractivity contribution in [3.05, 3.63) is 0 Å². The average Bonchev–Trinajstić information content (AvgIpc) is 0. The predicted octanol–water partition coefficient (Wildman–Crippen LogP) is -0.740. The summed E-state index contributed by atoms with van der Waals surface area (Å²) in [6.07, 6.45) is 0. The maximum Gasteiger partial charge on any atom is 3.00 e. The van der Waals surface area contributed by atoms with Crippen LogP contribution >= 0.6 is 0 Å². The Kier molecular flexibility index (Phi) is 1690. The van der Waals surface area contributed by atoms with Gasteiger partial charge in [0.25, 0.3) is 0 Å². The molecule has 0 spiro atoms. The Hall–Kier alpha value is 1.14. The van der Waals surface area contributed by atoms with Crippen molar-refractivity contribution in [3.8, 4) is 0 Å². The van der Waals surface area contributed by atoms with Crippen molar-refractivity contribution >= 4 is 19.8 Å². The van der Waals surface area contributed by atoms with E-state index < -0.39 is 0 Å². The van der Waals surface area contributed by atoms with Gasteiger partial charge in [-0.25, -0.2) is 0 Å². The van der Waals surface area contributed by atoms with Crippen LogP contribution in [0.1, 0.15) is 0 Å². The molecule has 0 heterocycles. The molecule has 0 atom stereocenters. The number of rotatable bonds is 0. The first-order valence-electron chi connectivity index (χ1n) is 0.